The highest BCUT2D eigenvalue weighted by atomic mass is 16.1. The Morgan fingerprint density at radius 1 is 1.33 bits per heavy atom. The van der Waals surface area contributed by atoms with Gasteiger partial charge in [0.05, 0.1) is 0 Å². The van der Waals surface area contributed by atoms with Crippen molar-refractivity contribution in [3.05, 3.63) is 11.6 Å². The van der Waals surface area contributed by atoms with Crippen molar-refractivity contribution in [3.63, 3.8) is 0 Å². The normalized spacial score (nSPS) is 24.0. The Labute approximate surface area is 93.9 Å². The van der Waals surface area contributed by atoms with Gasteiger partial charge in [0.25, 0.3) is 0 Å². The topological polar surface area (TPSA) is 17.1 Å². The summed E-state index contributed by atoms with van der Waals surface area (Å²) in [5.41, 5.74) is 2.07. The lowest BCUT2D eigenvalue weighted by Crippen LogP contribution is -1.91. The molecule has 15 heavy (non-hydrogen) atoms. The summed E-state index contributed by atoms with van der Waals surface area (Å²) >= 11 is 0. The summed E-state index contributed by atoms with van der Waals surface area (Å²) in [6.45, 7) is 8.56. The van der Waals surface area contributed by atoms with Crippen LogP contribution in [0.1, 0.15) is 59.8 Å². The molecule has 0 unspecified atom stereocenters. The van der Waals surface area contributed by atoms with Gasteiger partial charge in [-0.25, -0.2) is 0 Å². The van der Waals surface area contributed by atoms with Crippen LogP contribution in [-0.4, -0.2) is 5.78 Å². The van der Waals surface area contributed by atoms with E-state index in [0.717, 1.165) is 12.3 Å². The molecule has 0 heterocycles. The minimum absolute atomic E-state index is 0.294. The summed E-state index contributed by atoms with van der Waals surface area (Å²) in [5, 5.41) is 0. The number of hydrogen-bond acceptors (Lipinski definition) is 1. The minimum Gasteiger partial charge on any atom is -0.300 e. The van der Waals surface area contributed by atoms with Gasteiger partial charge in [-0.05, 0) is 50.9 Å². The number of carbonyl (C=O) groups excluding carboxylic acids is 1. The predicted octanol–water partition coefficient (Wildman–Crippen LogP) is 4.13. The van der Waals surface area contributed by atoms with E-state index in [1.54, 1.807) is 6.92 Å². The molecule has 1 rings (SSSR count). The van der Waals surface area contributed by atoms with E-state index < -0.39 is 0 Å². The maximum absolute atomic E-state index is 10.8. The van der Waals surface area contributed by atoms with Crippen molar-refractivity contribution in [1.82, 2.24) is 0 Å². The summed E-state index contributed by atoms with van der Waals surface area (Å²) in [7, 11) is 0. The fourth-order valence-electron chi connectivity index (χ4n) is 2.09. The van der Waals surface area contributed by atoms with Crippen molar-refractivity contribution in [2.75, 3.05) is 0 Å². The van der Waals surface area contributed by atoms with E-state index in [-0.39, 0.29) is 0 Å². The molecule has 0 bridgehead atoms. The Hall–Kier alpha value is -0.590. The van der Waals surface area contributed by atoms with Crippen LogP contribution in [0, 0.1) is 11.3 Å². The lowest BCUT2D eigenvalue weighted by Gasteiger charge is -2.03. The predicted molar refractivity (Wildman–Crippen MR) is 64.8 cm³/mol. The second-order valence-electron chi connectivity index (χ2n) is 5.72. The molecule has 1 fully saturated rings. The van der Waals surface area contributed by atoms with Crippen LogP contribution in [0.25, 0.3) is 0 Å². The van der Waals surface area contributed by atoms with E-state index in [0.29, 0.717) is 17.6 Å². The Morgan fingerprint density at radius 2 is 1.93 bits per heavy atom. The van der Waals surface area contributed by atoms with Gasteiger partial charge in [0.1, 0.15) is 5.78 Å². The highest BCUT2D eigenvalue weighted by molar-refractivity contribution is 5.75. The molecule has 1 saturated carbocycles. The third kappa shape index (κ3) is 4.63. The van der Waals surface area contributed by atoms with Crippen molar-refractivity contribution in [2.24, 2.45) is 11.3 Å². The van der Waals surface area contributed by atoms with Crippen LogP contribution in [0.4, 0.5) is 0 Å². The zero-order valence-corrected chi connectivity index (χ0v) is 10.6. The number of Topliss-reactive ketones (excluding diaryl/α,β-unsaturated/α-hetero) is 1. The van der Waals surface area contributed by atoms with E-state index in [1.165, 1.54) is 24.8 Å². The van der Waals surface area contributed by atoms with Gasteiger partial charge in [-0.3, -0.25) is 0 Å². The molecule has 0 amide bonds. The largest absolute Gasteiger partial charge is 0.300 e. The first-order chi connectivity index (χ1) is 6.92. The molecule has 1 nitrogen and oxygen atoms in total. The molecule has 1 aliphatic carbocycles. The van der Waals surface area contributed by atoms with Crippen molar-refractivity contribution < 1.29 is 4.79 Å². The lowest BCUT2D eigenvalue weighted by atomic mass is 10.0. The maximum Gasteiger partial charge on any atom is 0.130 e. The van der Waals surface area contributed by atoms with Gasteiger partial charge >= 0.3 is 0 Å². The third-order valence-electron chi connectivity index (χ3n) is 3.59. The van der Waals surface area contributed by atoms with Gasteiger partial charge < -0.3 is 4.79 Å². The van der Waals surface area contributed by atoms with Gasteiger partial charge in [-0.1, -0.05) is 25.5 Å². The molecule has 0 N–H and O–H groups in total. The zero-order chi connectivity index (χ0) is 11.5. The summed E-state index contributed by atoms with van der Waals surface area (Å²) in [6, 6.07) is 0. The molecule has 1 atom stereocenters. The molecule has 0 aromatic carbocycles. The molecule has 0 spiro atoms. The smallest absolute Gasteiger partial charge is 0.130 e. The second kappa shape index (κ2) is 4.96. The molecule has 0 aliphatic heterocycles. The standard InChI is InChI=1S/C14H24O/c1-11(6-5-7-12(2)15)8-9-13-10-14(13,3)4/h6,13H,5,7-10H2,1-4H3/b11-6+/t13-/m0/s1. The second-order valence-corrected chi connectivity index (χ2v) is 5.72. The van der Waals surface area contributed by atoms with Crippen LogP contribution >= 0.6 is 0 Å². The number of hydrogen-bond donors (Lipinski definition) is 0. The number of ketones is 1. The monoisotopic (exact) mass is 208 g/mol. The van der Waals surface area contributed by atoms with E-state index in [2.05, 4.69) is 26.8 Å². The summed E-state index contributed by atoms with van der Waals surface area (Å²) in [5.74, 6) is 1.23. The molecule has 1 aliphatic rings. The number of allylic oxidation sites excluding steroid dienone is 2. The maximum atomic E-state index is 10.8. The first kappa shape index (κ1) is 12.5. The molecular weight excluding hydrogens is 184 g/mol. The quantitative estimate of drug-likeness (QED) is 0.600. The van der Waals surface area contributed by atoms with Crippen molar-refractivity contribution in [1.29, 1.82) is 0 Å². The molecule has 0 saturated heterocycles. The van der Waals surface area contributed by atoms with Gasteiger partial charge in [0.2, 0.25) is 0 Å². The Balaban J connectivity index is 2.13. The van der Waals surface area contributed by atoms with Crippen molar-refractivity contribution in [2.45, 2.75) is 59.8 Å². The van der Waals surface area contributed by atoms with Crippen LogP contribution in [-0.2, 0) is 4.79 Å². The van der Waals surface area contributed by atoms with Gasteiger partial charge in [-0.2, -0.15) is 0 Å². The fraction of sp³-hybridized carbons (Fsp3) is 0.786. The van der Waals surface area contributed by atoms with Crippen LogP contribution in [0.3, 0.4) is 0 Å². The molecule has 0 aromatic rings. The van der Waals surface area contributed by atoms with E-state index >= 15 is 0 Å². The summed E-state index contributed by atoms with van der Waals surface area (Å²) in [6.07, 6.45) is 7.80. The Bertz CT molecular complexity index is 261. The SMILES string of the molecule is CC(=O)CC/C=C(\C)CC[C@H]1CC1(C)C. The fourth-order valence-corrected chi connectivity index (χ4v) is 2.09. The van der Waals surface area contributed by atoms with Crippen LogP contribution < -0.4 is 0 Å². The third-order valence-corrected chi connectivity index (χ3v) is 3.59. The zero-order valence-electron chi connectivity index (χ0n) is 10.6. The van der Waals surface area contributed by atoms with E-state index in [1.807, 2.05) is 0 Å². The average molecular weight is 208 g/mol. The van der Waals surface area contributed by atoms with Crippen LogP contribution in [0.2, 0.25) is 0 Å². The highest BCUT2D eigenvalue weighted by Gasteiger charge is 2.44. The minimum atomic E-state index is 0.294. The molecular formula is C14H24O. The summed E-state index contributed by atoms with van der Waals surface area (Å²) < 4.78 is 0. The van der Waals surface area contributed by atoms with Gasteiger partial charge in [0, 0.05) is 6.42 Å². The van der Waals surface area contributed by atoms with Crippen LogP contribution in [0.15, 0.2) is 11.6 Å². The molecule has 1 heteroatoms. The van der Waals surface area contributed by atoms with Gasteiger partial charge in [-0.15, -0.1) is 0 Å². The Morgan fingerprint density at radius 3 is 2.40 bits per heavy atom. The number of carbonyl (C=O) groups is 1. The van der Waals surface area contributed by atoms with Gasteiger partial charge in [0.15, 0.2) is 0 Å². The number of rotatable bonds is 6. The molecule has 86 valence electrons. The highest BCUT2D eigenvalue weighted by Crippen LogP contribution is 2.54. The average Bonchev–Trinajstić information content (AvgIpc) is 2.70. The van der Waals surface area contributed by atoms with Crippen LogP contribution in [0.5, 0.6) is 0 Å². The molecule has 0 radical (unpaired) electrons. The first-order valence-corrected chi connectivity index (χ1v) is 6.07. The Kier molecular flexibility index (Phi) is 4.12. The van der Waals surface area contributed by atoms with E-state index in [9.17, 15) is 4.79 Å². The van der Waals surface area contributed by atoms with Crippen molar-refractivity contribution in [3.8, 4) is 0 Å². The summed E-state index contributed by atoms with van der Waals surface area (Å²) in [4.78, 5) is 10.8. The van der Waals surface area contributed by atoms with Crippen molar-refractivity contribution >= 4 is 5.78 Å². The first-order valence-electron chi connectivity index (χ1n) is 6.07. The molecule has 0 aromatic heterocycles. The van der Waals surface area contributed by atoms with E-state index in [4.69, 9.17) is 0 Å². The lowest BCUT2D eigenvalue weighted by molar-refractivity contribution is -0.116.